The molecule has 0 saturated heterocycles. The van der Waals surface area contributed by atoms with Gasteiger partial charge in [-0.25, -0.2) is 0 Å². The van der Waals surface area contributed by atoms with Crippen molar-refractivity contribution in [1.29, 1.82) is 0 Å². The Labute approximate surface area is 73.1 Å². The van der Waals surface area contributed by atoms with Crippen molar-refractivity contribution >= 4 is 20.7 Å². The number of hydrogen-bond acceptors (Lipinski definition) is 2. The predicted octanol–water partition coefficient (Wildman–Crippen LogP) is -0.313. The predicted molar refractivity (Wildman–Crippen MR) is 44.3 cm³/mol. The molecule has 0 saturated carbocycles. The van der Waals surface area contributed by atoms with Crippen LogP contribution in [0, 0.1) is 0 Å². The van der Waals surface area contributed by atoms with E-state index in [1.807, 2.05) is 13.8 Å². The topological polar surface area (TPSA) is 45.8 Å². The molecule has 0 unspecified atom stereocenters. The molecule has 3 nitrogen and oxygen atoms in total. The van der Waals surface area contributed by atoms with Gasteiger partial charge in [0.2, 0.25) is 0 Å². The minimum absolute atomic E-state index is 0.0996. The molecule has 0 spiro atoms. The molecular weight excluding hydrogens is 207 g/mol. The molecule has 0 bridgehead atoms. The summed E-state index contributed by atoms with van der Waals surface area (Å²) in [5.41, 5.74) is 0.722. The number of hydrogen-bond donors (Lipinski definition) is 1. The summed E-state index contributed by atoms with van der Waals surface area (Å²) in [5.74, 6) is 0.296. The number of H-pyrrole nitrogens is 1. The van der Waals surface area contributed by atoms with Crippen LogP contribution < -0.4 is 10.3 Å². The fourth-order valence-electron chi connectivity index (χ4n) is 0.749. The van der Waals surface area contributed by atoms with Gasteiger partial charge in [0, 0.05) is 0 Å². The van der Waals surface area contributed by atoms with E-state index in [-0.39, 0.29) is 5.56 Å². The molecule has 0 fully saturated rings. The Bertz CT molecular complexity index is 306. The van der Waals surface area contributed by atoms with Crippen LogP contribution in [0.3, 0.4) is 0 Å². The molecule has 11 heavy (non-hydrogen) atoms. The third-order valence-corrected chi connectivity index (χ3v) is 1.74. The van der Waals surface area contributed by atoms with Crippen molar-refractivity contribution in [2.45, 2.75) is 19.8 Å². The average molecular weight is 216 g/mol. The summed E-state index contributed by atoms with van der Waals surface area (Å²) < 4.78 is 0.557. The first-order chi connectivity index (χ1) is 5.09. The number of aromatic amines is 1. The molecule has 0 aromatic carbocycles. The zero-order chi connectivity index (χ0) is 8.43. The van der Waals surface area contributed by atoms with Gasteiger partial charge in [-0.05, 0) is 0 Å². The number of nitrogens with zero attached hydrogens (tertiary/aromatic N) is 1. The van der Waals surface area contributed by atoms with Crippen LogP contribution in [0.25, 0.3) is 0 Å². The second-order valence-electron chi connectivity index (χ2n) is 2.63. The van der Waals surface area contributed by atoms with Crippen LogP contribution >= 0.6 is 0 Å². The Morgan fingerprint density at radius 2 is 2.27 bits per heavy atom. The molecule has 1 radical (unpaired) electrons. The van der Waals surface area contributed by atoms with E-state index in [0.29, 0.717) is 10.6 Å². The quantitative estimate of drug-likeness (QED) is 0.654. The second kappa shape index (κ2) is 3.20. The zero-order valence-electron chi connectivity index (χ0n) is 6.42. The molecule has 0 aliphatic carbocycles. The van der Waals surface area contributed by atoms with Crippen molar-refractivity contribution in [1.82, 2.24) is 9.97 Å². The van der Waals surface area contributed by atoms with Crippen LogP contribution in [-0.2, 0) is 0 Å². The van der Waals surface area contributed by atoms with Crippen LogP contribution in [0.15, 0.2) is 10.9 Å². The van der Waals surface area contributed by atoms with Gasteiger partial charge >= 0.3 is 72.6 Å². The number of nitrogens with one attached hydrogen (secondary N) is 1. The van der Waals surface area contributed by atoms with Crippen LogP contribution in [-0.4, -0.2) is 26.0 Å². The number of rotatable bonds is 1. The fraction of sp³-hybridized carbons (Fsp3) is 0.429. The van der Waals surface area contributed by atoms with Crippen molar-refractivity contribution in [2.24, 2.45) is 0 Å². The summed E-state index contributed by atoms with van der Waals surface area (Å²) in [4.78, 5) is 17.6. The summed E-state index contributed by atoms with van der Waals surface area (Å²) in [7, 11) is 0. The van der Waals surface area contributed by atoms with Crippen molar-refractivity contribution < 1.29 is 0 Å². The van der Waals surface area contributed by atoms with Crippen molar-refractivity contribution in [3.8, 4) is 0 Å². The van der Waals surface area contributed by atoms with Crippen LogP contribution in [0.4, 0.5) is 0 Å². The van der Waals surface area contributed by atoms with E-state index in [2.05, 4.69) is 26.0 Å². The van der Waals surface area contributed by atoms with E-state index in [9.17, 15) is 4.79 Å². The Morgan fingerprint density at radius 3 is 2.73 bits per heavy atom. The maximum absolute atomic E-state index is 10.9. The normalized spacial score (nSPS) is 10.5. The third kappa shape index (κ3) is 2.17. The molecule has 1 aromatic heterocycles. The van der Waals surface area contributed by atoms with Crippen molar-refractivity contribution in [2.75, 3.05) is 0 Å². The van der Waals surface area contributed by atoms with Crippen LogP contribution in [0.2, 0.25) is 0 Å². The van der Waals surface area contributed by atoms with Gasteiger partial charge < -0.3 is 0 Å². The second-order valence-corrected chi connectivity index (χ2v) is 3.44. The molecule has 0 amide bonds. The molecule has 59 valence electrons. The minimum atomic E-state index is -0.0996. The fourth-order valence-corrected chi connectivity index (χ4v) is 1.18. The Kier molecular flexibility index (Phi) is 2.47. The summed E-state index contributed by atoms with van der Waals surface area (Å²) in [6.45, 7) is 4.00. The van der Waals surface area contributed by atoms with E-state index in [0.717, 1.165) is 5.69 Å². The van der Waals surface area contributed by atoms with Crippen LogP contribution in [0.5, 0.6) is 0 Å². The number of aromatic nitrogens is 2. The van der Waals surface area contributed by atoms with Gasteiger partial charge in [0.05, 0.1) is 0 Å². The molecule has 1 heterocycles. The van der Waals surface area contributed by atoms with E-state index in [1.165, 1.54) is 6.07 Å². The van der Waals surface area contributed by atoms with Gasteiger partial charge in [0.25, 0.3) is 0 Å². The van der Waals surface area contributed by atoms with Gasteiger partial charge in [0.15, 0.2) is 0 Å². The average Bonchev–Trinajstić information content (AvgIpc) is 1.85. The maximum atomic E-state index is 10.9. The van der Waals surface area contributed by atoms with Gasteiger partial charge in [-0.15, -0.1) is 0 Å². The van der Waals surface area contributed by atoms with Crippen molar-refractivity contribution in [3.05, 3.63) is 22.1 Å². The van der Waals surface area contributed by atoms with Gasteiger partial charge in [0.1, 0.15) is 0 Å². The SMILES string of the molecule is CC(C)c1cc(=O)[nH]c([Se])n1. The standard InChI is InChI=1S/C7H9N2OSe/c1-4(2)5-3-6(10)9-7(11)8-5/h3-4H,1-2H3,(H,8,9,10). The molecule has 0 atom stereocenters. The van der Waals surface area contributed by atoms with Crippen LogP contribution in [0.1, 0.15) is 25.5 Å². The van der Waals surface area contributed by atoms with E-state index in [4.69, 9.17) is 0 Å². The molecular formula is C7H9N2OSe. The molecule has 0 aliphatic heterocycles. The van der Waals surface area contributed by atoms with Gasteiger partial charge in [-0.3, -0.25) is 0 Å². The van der Waals surface area contributed by atoms with Gasteiger partial charge in [-0.2, -0.15) is 0 Å². The Morgan fingerprint density at radius 1 is 1.64 bits per heavy atom. The first-order valence-electron chi connectivity index (χ1n) is 3.38. The molecule has 4 heteroatoms. The van der Waals surface area contributed by atoms with E-state index in [1.54, 1.807) is 0 Å². The van der Waals surface area contributed by atoms with Gasteiger partial charge in [-0.1, -0.05) is 0 Å². The summed E-state index contributed by atoms with van der Waals surface area (Å²) in [6, 6.07) is 1.52. The summed E-state index contributed by atoms with van der Waals surface area (Å²) in [5, 5.41) is 0. The monoisotopic (exact) mass is 217 g/mol. The summed E-state index contributed by atoms with van der Waals surface area (Å²) in [6.07, 6.45) is 0. The van der Waals surface area contributed by atoms with Crippen molar-refractivity contribution in [3.63, 3.8) is 0 Å². The first-order valence-corrected chi connectivity index (χ1v) is 4.23. The van der Waals surface area contributed by atoms with E-state index < -0.39 is 0 Å². The summed E-state index contributed by atoms with van der Waals surface area (Å²) >= 11 is 2.67. The molecule has 0 aliphatic rings. The molecule has 1 aromatic rings. The zero-order valence-corrected chi connectivity index (χ0v) is 8.13. The Hall–Kier alpha value is -0.601. The first kappa shape index (κ1) is 8.50. The van der Waals surface area contributed by atoms with E-state index >= 15 is 0 Å². The molecule has 1 rings (SSSR count). The third-order valence-electron chi connectivity index (χ3n) is 1.33. The Balaban J connectivity index is 3.19. The molecule has 1 N–H and O–H groups in total.